The summed E-state index contributed by atoms with van der Waals surface area (Å²) in [6, 6.07) is 13.3. The second-order valence-corrected chi connectivity index (χ2v) is 8.96. The van der Waals surface area contributed by atoms with Crippen molar-refractivity contribution in [1.82, 2.24) is 25.3 Å². The number of benzene rings is 2. The molecule has 0 saturated carbocycles. The van der Waals surface area contributed by atoms with E-state index in [1.807, 2.05) is 30.3 Å². The lowest BCUT2D eigenvalue weighted by Crippen LogP contribution is -2.25. The number of nitrogens with one attached hydrogen (secondary N) is 2. The van der Waals surface area contributed by atoms with Crippen LogP contribution in [0, 0.1) is 11.6 Å². The third-order valence-electron chi connectivity index (χ3n) is 5.39. The SMILES string of the molecule is Nc1ncnc2ccc(-c3ccc(CNc4nccnc4C(=O)NCc4ccc(F)c(F)c4)s3)cc12. The number of anilines is 2. The second-order valence-electron chi connectivity index (χ2n) is 7.80. The molecule has 2 aromatic carbocycles. The molecule has 36 heavy (non-hydrogen) atoms. The number of halogens is 2. The number of carbonyl (C=O) groups excluding carboxylic acids is 1. The Morgan fingerprint density at radius 1 is 0.917 bits per heavy atom. The van der Waals surface area contributed by atoms with E-state index in [1.54, 1.807) is 11.3 Å². The highest BCUT2D eigenvalue weighted by Gasteiger charge is 2.15. The van der Waals surface area contributed by atoms with E-state index >= 15 is 0 Å². The van der Waals surface area contributed by atoms with Crippen LogP contribution in [0.3, 0.4) is 0 Å². The summed E-state index contributed by atoms with van der Waals surface area (Å²) in [7, 11) is 0. The molecule has 5 rings (SSSR count). The average molecular weight is 504 g/mol. The van der Waals surface area contributed by atoms with Crippen LogP contribution in [-0.2, 0) is 13.1 Å². The van der Waals surface area contributed by atoms with Crippen molar-refractivity contribution in [2.75, 3.05) is 11.1 Å². The zero-order valence-corrected chi connectivity index (χ0v) is 19.5. The van der Waals surface area contributed by atoms with Gasteiger partial charge in [-0.3, -0.25) is 4.79 Å². The summed E-state index contributed by atoms with van der Waals surface area (Å²) in [4.78, 5) is 31.4. The minimum absolute atomic E-state index is 0.0155. The number of nitrogen functional groups attached to an aromatic ring is 1. The van der Waals surface area contributed by atoms with E-state index in [1.165, 1.54) is 24.8 Å². The number of rotatable bonds is 7. The maximum absolute atomic E-state index is 13.4. The van der Waals surface area contributed by atoms with Gasteiger partial charge in [0.2, 0.25) is 0 Å². The fourth-order valence-electron chi connectivity index (χ4n) is 3.58. The molecule has 4 N–H and O–H groups in total. The van der Waals surface area contributed by atoms with Gasteiger partial charge in [0.1, 0.15) is 12.1 Å². The maximum atomic E-state index is 13.4. The molecule has 0 aliphatic carbocycles. The Labute approximate surface area is 208 Å². The molecule has 1 amide bonds. The summed E-state index contributed by atoms with van der Waals surface area (Å²) >= 11 is 1.58. The monoisotopic (exact) mass is 503 g/mol. The molecule has 0 saturated heterocycles. The Balaban J connectivity index is 1.26. The van der Waals surface area contributed by atoms with E-state index < -0.39 is 17.5 Å². The topological polar surface area (TPSA) is 119 Å². The Morgan fingerprint density at radius 3 is 2.64 bits per heavy atom. The number of nitrogens with zero attached hydrogens (tertiary/aromatic N) is 4. The molecule has 0 aliphatic heterocycles. The van der Waals surface area contributed by atoms with Crippen molar-refractivity contribution in [2.45, 2.75) is 13.1 Å². The number of amides is 1. The van der Waals surface area contributed by atoms with Gasteiger partial charge in [-0.15, -0.1) is 11.3 Å². The van der Waals surface area contributed by atoms with Gasteiger partial charge in [0.15, 0.2) is 23.1 Å². The first kappa shape index (κ1) is 23.2. The number of nitrogens with two attached hydrogens (primary N) is 1. The maximum Gasteiger partial charge on any atom is 0.273 e. The summed E-state index contributed by atoms with van der Waals surface area (Å²) in [5, 5.41) is 6.61. The van der Waals surface area contributed by atoms with Crippen molar-refractivity contribution in [1.29, 1.82) is 0 Å². The van der Waals surface area contributed by atoms with E-state index in [0.717, 1.165) is 38.4 Å². The minimum atomic E-state index is -0.973. The van der Waals surface area contributed by atoms with Crippen LogP contribution in [0.15, 0.2) is 67.3 Å². The zero-order valence-electron chi connectivity index (χ0n) is 18.7. The van der Waals surface area contributed by atoms with Crippen molar-refractivity contribution in [3.63, 3.8) is 0 Å². The second kappa shape index (κ2) is 10.0. The molecule has 5 aromatic rings. The van der Waals surface area contributed by atoms with Crippen LogP contribution in [0.1, 0.15) is 20.9 Å². The number of thiophene rings is 1. The Hall–Kier alpha value is -4.51. The first-order chi connectivity index (χ1) is 17.5. The van der Waals surface area contributed by atoms with Crippen LogP contribution in [0.4, 0.5) is 20.4 Å². The van der Waals surface area contributed by atoms with Crippen molar-refractivity contribution in [2.24, 2.45) is 0 Å². The van der Waals surface area contributed by atoms with E-state index in [9.17, 15) is 13.6 Å². The van der Waals surface area contributed by atoms with Crippen molar-refractivity contribution < 1.29 is 13.6 Å². The fraction of sp³-hybridized carbons (Fsp3) is 0.0800. The Morgan fingerprint density at radius 2 is 1.78 bits per heavy atom. The molecule has 0 atom stereocenters. The number of hydrogen-bond donors (Lipinski definition) is 3. The van der Waals surface area contributed by atoms with Crippen LogP contribution in [0.2, 0.25) is 0 Å². The summed E-state index contributed by atoms with van der Waals surface area (Å²) in [6.07, 6.45) is 4.34. The molecule has 0 aliphatic rings. The first-order valence-corrected chi connectivity index (χ1v) is 11.7. The molecule has 180 valence electrons. The van der Waals surface area contributed by atoms with Crippen molar-refractivity contribution in [3.05, 3.63) is 95.0 Å². The van der Waals surface area contributed by atoms with Gasteiger partial charge in [0, 0.05) is 34.1 Å². The summed E-state index contributed by atoms with van der Waals surface area (Å²) < 4.78 is 26.5. The van der Waals surface area contributed by atoms with Crippen molar-refractivity contribution >= 4 is 39.8 Å². The van der Waals surface area contributed by atoms with Gasteiger partial charge < -0.3 is 16.4 Å². The molecule has 8 nitrogen and oxygen atoms in total. The minimum Gasteiger partial charge on any atom is -0.383 e. The quantitative estimate of drug-likeness (QED) is 0.298. The Bertz CT molecular complexity index is 1570. The van der Waals surface area contributed by atoms with Crippen LogP contribution in [0.5, 0.6) is 0 Å². The third kappa shape index (κ3) is 4.96. The molecule has 0 unspecified atom stereocenters. The predicted octanol–water partition coefficient (Wildman–Crippen LogP) is 4.55. The molecular formula is C25H19F2N7OS. The molecule has 3 heterocycles. The standard InChI is InChI=1S/C25H19F2N7OS/c26-18-4-1-14(9-19(18)27)11-32-25(35)22-24(30-8-7-29-22)31-12-16-3-6-21(36-16)15-2-5-20-17(10-15)23(28)34-13-33-20/h1-10,13H,11-12H2,(H,30,31)(H,32,35)(H2,28,33,34). The van der Waals surface area contributed by atoms with Gasteiger partial charge in [-0.05, 0) is 47.5 Å². The molecule has 11 heteroatoms. The molecule has 0 spiro atoms. The molecular weight excluding hydrogens is 484 g/mol. The highest BCUT2D eigenvalue weighted by molar-refractivity contribution is 7.15. The molecule has 0 bridgehead atoms. The highest BCUT2D eigenvalue weighted by Crippen LogP contribution is 2.31. The number of hydrogen-bond acceptors (Lipinski definition) is 8. The average Bonchev–Trinajstić information content (AvgIpc) is 3.37. The summed E-state index contributed by atoms with van der Waals surface area (Å²) in [5.74, 6) is -1.66. The van der Waals surface area contributed by atoms with Crippen LogP contribution in [0.25, 0.3) is 21.3 Å². The number of fused-ring (bicyclic) bond motifs is 1. The van der Waals surface area contributed by atoms with Crippen LogP contribution >= 0.6 is 11.3 Å². The molecule has 0 fully saturated rings. The largest absolute Gasteiger partial charge is 0.383 e. The van der Waals surface area contributed by atoms with E-state index in [2.05, 4.69) is 30.6 Å². The van der Waals surface area contributed by atoms with E-state index in [0.29, 0.717) is 23.7 Å². The van der Waals surface area contributed by atoms with Gasteiger partial charge in [0.05, 0.1) is 12.1 Å². The first-order valence-electron chi connectivity index (χ1n) is 10.8. The van der Waals surface area contributed by atoms with Gasteiger partial charge in [-0.25, -0.2) is 28.7 Å². The van der Waals surface area contributed by atoms with E-state index in [4.69, 9.17) is 5.73 Å². The van der Waals surface area contributed by atoms with Gasteiger partial charge in [-0.2, -0.15) is 0 Å². The molecule has 3 aromatic heterocycles. The third-order valence-corrected chi connectivity index (χ3v) is 6.53. The lowest BCUT2D eigenvalue weighted by atomic mass is 10.1. The summed E-state index contributed by atoms with van der Waals surface area (Å²) in [6.45, 7) is 0.438. The molecule has 0 radical (unpaired) electrons. The van der Waals surface area contributed by atoms with Gasteiger partial charge in [-0.1, -0.05) is 12.1 Å². The normalized spacial score (nSPS) is 10.9. The fourth-order valence-corrected chi connectivity index (χ4v) is 4.52. The van der Waals surface area contributed by atoms with Crippen molar-refractivity contribution in [3.8, 4) is 10.4 Å². The zero-order chi connectivity index (χ0) is 25.1. The smallest absolute Gasteiger partial charge is 0.273 e. The lowest BCUT2D eigenvalue weighted by molar-refractivity contribution is 0.0946. The number of carbonyl (C=O) groups is 1. The van der Waals surface area contributed by atoms with Gasteiger partial charge in [0.25, 0.3) is 5.91 Å². The van der Waals surface area contributed by atoms with E-state index in [-0.39, 0.29) is 12.2 Å². The highest BCUT2D eigenvalue weighted by atomic mass is 32.1. The van der Waals surface area contributed by atoms with Gasteiger partial charge >= 0.3 is 0 Å². The van der Waals surface area contributed by atoms with Crippen LogP contribution in [-0.4, -0.2) is 25.8 Å². The Kier molecular flexibility index (Phi) is 6.46. The lowest BCUT2D eigenvalue weighted by Gasteiger charge is -2.10. The predicted molar refractivity (Wildman–Crippen MR) is 134 cm³/mol. The van der Waals surface area contributed by atoms with Crippen LogP contribution < -0.4 is 16.4 Å². The number of aromatic nitrogens is 4. The summed E-state index contributed by atoms with van der Waals surface area (Å²) in [5.41, 5.74) is 8.29.